The Kier molecular flexibility index (Phi) is 4.87. The summed E-state index contributed by atoms with van der Waals surface area (Å²) in [5.41, 5.74) is 1.91. The van der Waals surface area contributed by atoms with Crippen LogP contribution in [0, 0.1) is 0 Å². The summed E-state index contributed by atoms with van der Waals surface area (Å²) in [6.45, 7) is 2.74. The number of aromatic nitrogens is 4. The smallest absolute Gasteiger partial charge is 0.316 e. The molecule has 0 fully saturated rings. The molecule has 0 aliphatic heterocycles. The molecule has 3 rings (SSSR count). The lowest BCUT2D eigenvalue weighted by atomic mass is 10.1. The minimum absolute atomic E-state index is 0.237. The van der Waals surface area contributed by atoms with Gasteiger partial charge < -0.3 is 4.74 Å². The molecule has 1 aromatic carbocycles. The Morgan fingerprint density at radius 3 is 3.00 bits per heavy atom. The van der Waals surface area contributed by atoms with E-state index in [1.807, 2.05) is 24.3 Å². The van der Waals surface area contributed by atoms with Gasteiger partial charge in [-0.15, -0.1) is 0 Å². The normalized spacial score (nSPS) is 10.8. The molecule has 0 atom stereocenters. The number of hydrogen-bond acceptors (Lipinski definition) is 6. The summed E-state index contributed by atoms with van der Waals surface area (Å²) < 4.78 is 6.72. The van der Waals surface area contributed by atoms with Gasteiger partial charge in [0.1, 0.15) is 17.7 Å². The van der Waals surface area contributed by atoms with Crippen molar-refractivity contribution in [2.24, 2.45) is 0 Å². The van der Waals surface area contributed by atoms with E-state index in [1.165, 1.54) is 18.1 Å². The van der Waals surface area contributed by atoms with Crippen molar-refractivity contribution in [3.8, 4) is 0 Å². The first kappa shape index (κ1) is 15.5. The van der Waals surface area contributed by atoms with Gasteiger partial charge in [-0.3, -0.25) is 4.79 Å². The highest BCUT2D eigenvalue weighted by Crippen LogP contribution is 2.25. The largest absolute Gasteiger partial charge is 0.465 e. The number of esters is 1. The maximum Gasteiger partial charge on any atom is 0.316 e. The predicted molar refractivity (Wildman–Crippen MR) is 88.2 cm³/mol. The summed E-state index contributed by atoms with van der Waals surface area (Å²) in [6, 6.07) is 9.99. The summed E-state index contributed by atoms with van der Waals surface area (Å²) in [4.78, 5) is 20.3. The van der Waals surface area contributed by atoms with E-state index in [9.17, 15) is 4.79 Å². The average molecular weight is 328 g/mol. The topological polar surface area (TPSA) is 69.9 Å². The van der Waals surface area contributed by atoms with Crippen LogP contribution in [0.25, 0.3) is 10.9 Å². The zero-order chi connectivity index (χ0) is 16.1. The van der Waals surface area contributed by atoms with Crippen LogP contribution in [-0.4, -0.2) is 38.1 Å². The molecule has 6 nitrogen and oxygen atoms in total. The minimum atomic E-state index is -0.237. The number of benzene rings is 1. The second-order valence-electron chi connectivity index (χ2n) is 4.83. The van der Waals surface area contributed by atoms with E-state index in [1.54, 1.807) is 17.9 Å². The Hall–Kier alpha value is -2.41. The van der Waals surface area contributed by atoms with Crippen molar-refractivity contribution in [1.29, 1.82) is 0 Å². The fourth-order valence-electron chi connectivity index (χ4n) is 2.20. The number of para-hydroxylation sites is 1. The van der Waals surface area contributed by atoms with Crippen molar-refractivity contribution in [2.45, 2.75) is 18.5 Å². The van der Waals surface area contributed by atoms with Gasteiger partial charge in [-0.1, -0.05) is 30.0 Å². The van der Waals surface area contributed by atoms with Gasteiger partial charge in [0.15, 0.2) is 0 Å². The lowest BCUT2D eigenvalue weighted by molar-refractivity contribution is -0.139. The summed E-state index contributed by atoms with van der Waals surface area (Å²) in [5.74, 6) is 0.00274. The summed E-state index contributed by atoms with van der Waals surface area (Å²) in [7, 11) is 0. The summed E-state index contributed by atoms with van der Waals surface area (Å²) in [6.07, 6.45) is 3.16. The van der Waals surface area contributed by atoms with E-state index in [2.05, 4.69) is 21.1 Å². The molecular weight excluding hydrogens is 312 g/mol. The van der Waals surface area contributed by atoms with Crippen LogP contribution in [0.4, 0.5) is 0 Å². The number of hydrogen-bond donors (Lipinski definition) is 0. The van der Waals surface area contributed by atoms with Gasteiger partial charge in [0, 0.05) is 10.9 Å². The van der Waals surface area contributed by atoms with Crippen LogP contribution in [0.5, 0.6) is 0 Å². The van der Waals surface area contributed by atoms with Gasteiger partial charge in [-0.05, 0) is 19.1 Å². The molecule has 2 aromatic heterocycles. The lowest BCUT2D eigenvalue weighted by Gasteiger charge is -2.10. The van der Waals surface area contributed by atoms with Crippen LogP contribution in [0.3, 0.4) is 0 Å². The number of carbonyl (C=O) groups is 1. The van der Waals surface area contributed by atoms with Gasteiger partial charge in [-0.2, -0.15) is 5.10 Å². The molecular formula is C16H16N4O2S. The third kappa shape index (κ3) is 3.87. The highest BCUT2D eigenvalue weighted by atomic mass is 32.2. The number of thioether (sulfide) groups is 1. The molecule has 0 amide bonds. The second-order valence-corrected chi connectivity index (χ2v) is 5.80. The van der Waals surface area contributed by atoms with Crippen molar-refractivity contribution in [2.75, 3.05) is 12.4 Å². The predicted octanol–water partition coefficient (Wildman–Crippen LogP) is 2.53. The van der Waals surface area contributed by atoms with Crippen molar-refractivity contribution < 1.29 is 9.53 Å². The number of rotatable bonds is 6. The van der Waals surface area contributed by atoms with Crippen LogP contribution in [-0.2, 0) is 16.1 Å². The first-order chi connectivity index (χ1) is 11.3. The van der Waals surface area contributed by atoms with Crippen molar-refractivity contribution >= 4 is 28.6 Å². The van der Waals surface area contributed by atoms with Gasteiger partial charge in [0.2, 0.25) is 0 Å². The molecule has 0 aliphatic carbocycles. The van der Waals surface area contributed by atoms with E-state index >= 15 is 0 Å². The summed E-state index contributed by atoms with van der Waals surface area (Å²) >= 11 is 1.38. The van der Waals surface area contributed by atoms with Crippen molar-refractivity contribution in [3.63, 3.8) is 0 Å². The number of ether oxygens (including phenoxy) is 1. The Morgan fingerprint density at radius 2 is 2.22 bits per heavy atom. The molecule has 0 saturated carbocycles. The Labute approximate surface area is 137 Å². The van der Waals surface area contributed by atoms with E-state index < -0.39 is 0 Å². The van der Waals surface area contributed by atoms with Gasteiger partial charge >= 0.3 is 5.97 Å². The highest BCUT2D eigenvalue weighted by molar-refractivity contribution is 7.99. The van der Waals surface area contributed by atoms with Crippen LogP contribution < -0.4 is 0 Å². The third-order valence-electron chi connectivity index (χ3n) is 3.19. The molecule has 0 bridgehead atoms. The molecule has 0 aliphatic rings. The molecule has 0 spiro atoms. The molecule has 0 N–H and O–H groups in total. The molecule has 0 saturated heterocycles. The highest BCUT2D eigenvalue weighted by Gasteiger charge is 2.11. The molecule has 3 aromatic rings. The Balaban J connectivity index is 1.90. The number of nitrogens with zero attached hydrogens (tertiary/aromatic N) is 4. The fraction of sp³-hybridized carbons (Fsp3) is 0.250. The van der Waals surface area contributed by atoms with Crippen molar-refractivity contribution in [1.82, 2.24) is 19.7 Å². The standard InChI is InChI=1S/C16H16N4O2S/c1-2-22-15(21)9-23-16-13(8-20-11-17-10-18-20)7-12-5-3-4-6-14(12)19-16/h3-7,10-11H,2,8-9H2,1H3. The minimum Gasteiger partial charge on any atom is -0.465 e. The average Bonchev–Trinajstić information content (AvgIpc) is 3.06. The monoisotopic (exact) mass is 328 g/mol. The van der Waals surface area contributed by atoms with Crippen LogP contribution in [0.1, 0.15) is 12.5 Å². The number of carbonyl (C=O) groups excluding carboxylic acids is 1. The van der Waals surface area contributed by atoms with E-state index in [0.29, 0.717) is 13.2 Å². The SMILES string of the molecule is CCOC(=O)CSc1nc2ccccc2cc1Cn1cncn1. The van der Waals surface area contributed by atoms with E-state index in [-0.39, 0.29) is 11.7 Å². The maximum atomic E-state index is 11.6. The van der Waals surface area contributed by atoms with Gasteiger partial charge in [0.25, 0.3) is 0 Å². The molecule has 0 radical (unpaired) electrons. The van der Waals surface area contributed by atoms with Gasteiger partial charge in [0.05, 0.1) is 24.4 Å². The maximum absolute atomic E-state index is 11.6. The molecule has 2 heterocycles. The molecule has 23 heavy (non-hydrogen) atoms. The molecule has 118 valence electrons. The van der Waals surface area contributed by atoms with Crippen molar-refractivity contribution in [3.05, 3.63) is 48.5 Å². The molecule has 7 heteroatoms. The Bertz CT molecular complexity index is 805. The number of pyridine rings is 1. The summed E-state index contributed by atoms with van der Waals surface area (Å²) in [5, 5.41) is 6.00. The van der Waals surface area contributed by atoms with E-state index in [0.717, 1.165) is 21.5 Å². The fourth-order valence-corrected chi connectivity index (χ4v) is 3.01. The van der Waals surface area contributed by atoms with Crippen LogP contribution in [0.2, 0.25) is 0 Å². The zero-order valence-corrected chi connectivity index (χ0v) is 13.5. The first-order valence-corrected chi connectivity index (χ1v) is 8.24. The lowest BCUT2D eigenvalue weighted by Crippen LogP contribution is -2.08. The Morgan fingerprint density at radius 1 is 1.35 bits per heavy atom. The van der Waals surface area contributed by atoms with Crippen LogP contribution >= 0.6 is 11.8 Å². The number of fused-ring (bicyclic) bond motifs is 1. The zero-order valence-electron chi connectivity index (χ0n) is 12.7. The third-order valence-corrected chi connectivity index (χ3v) is 4.20. The van der Waals surface area contributed by atoms with Gasteiger partial charge in [-0.25, -0.2) is 14.6 Å². The first-order valence-electron chi connectivity index (χ1n) is 7.25. The van der Waals surface area contributed by atoms with E-state index in [4.69, 9.17) is 4.74 Å². The second kappa shape index (κ2) is 7.23. The quantitative estimate of drug-likeness (QED) is 0.511. The molecule has 0 unspecified atom stereocenters. The van der Waals surface area contributed by atoms with Crippen LogP contribution in [0.15, 0.2) is 48.0 Å².